The van der Waals surface area contributed by atoms with Crippen LogP contribution in [0.15, 0.2) is 62.8 Å². The average molecular weight is 277 g/mol. The zero-order chi connectivity index (χ0) is 10.7. The molecule has 3 heteroatoms. The largest absolute Gasteiger partial charge is 0.140 e. The Balaban J connectivity index is 2.30. The summed E-state index contributed by atoms with van der Waals surface area (Å²) < 4.78 is 1.15. The molecule has 0 radical (unpaired) electrons. The summed E-state index contributed by atoms with van der Waals surface area (Å²) in [5.41, 5.74) is 1.32. The summed E-state index contributed by atoms with van der Waals surface area (Å²) in [4.78, 5) is 2.57. The van der Waals surface area contributed by atoms with Gasteiger partial charge < -0.3 is 0 Å². The molecule has 0 aliphatic rings. The zero-order valence-electron chi connectivity index (χ0n) is 8.41. The van der Waals surface area contributed by atoms with Gasteiger partial charge in [0.1, 0.15) is 7.85 Å². The van der Waals surface area contributed by atoms with E-state index in [4.69, 9.17) is 0 Å². The summed E-state index contributed by atoms with van der Waals surface area (Å²) in [6.07, 6.45) is 0. The molecule has 0 amide bonds. The van der Waals surface area contributed by atoms with Gasteiger partial charge in [-0.25, -0.2) is 0 Å². The lowest BCUT2D eigenvalue weighted by Gasteiger charge is -2.06. The van der Waals surface area contributed by atoms with Gasteiger partial charge in [0, 0.05) is 14.3 Å². The molecule has 2 aromatic rings. The third-order valence-electron chi connectivity index (χ3n) is 2.15. The van der Waals surface area contributed by atoms with Crippen LogP contribution in [0.5, 0.6) is 0 Å². The van der Waals surface area contributed by atoms with E-state index in [-0.39, 0.29) is 0 Å². The minimum atomic E-state index is 1.15. The van der Waals surface area contributed by atoms with Gasteiger partial charge in [0.15, 0.2) is 0 Å². The summed E-state index contributed by atoms with van der Waals surface area (Å²) in [6.45, 7) is 0. The van der Waals surface area contributed by atoms with Crippen LogP contribution in [-0.4, -0.2) is 7.85 Å². The van der Waals surface area contributed by atoms with Gasteiger partial charge in [-0.15, -0.1) is 0 Å². The van der Waals surface area contributed by atoms with Crippen molar-refractivity contribution in [3.8, 4) is 0 Å². The van der Waals surface area contributed by atoms with Gasteiger partial charge in [0.25, 0.3) is 0 Å². The SMILES string of the molecule is Bc1ccccc1Sc1ccccc1Br. The van der Waals surface area contributed by atoms with Crippen LogP contribution in [0, 0.1) is 0 Å². The summed E-state index contributed by atoms with van der Waals surface area (Å²) in [5.74, 6) is 0. The fourth-order valence-electron chi connectivity index (χ4n) is 1.32. The lowest BCUT2D eigenvalue weighted by molar-refractivity contribution is 1.39. The van der Waals surface area contributed by atoms with Gasteiger partial charge >= 0.3 is 0 Å². The van der Waals surface area contributed by atoms with E-state index in [1.165, 1.54) is 15.3 Å². The minimum Gasteiger partial charge on any atom is -0.0895 e. The Morgan fingerprint density at radius 2 is 1.47 bits per heavy atom. The molecule has 0 unspecified atom stereocenters. The van der Waals surface area contributed by atoms with Crippen LogP contribution in [0.25, 0.3) is 0 Å². The number of benzene rings is 2. The van der Waals surface area contributed by atoms with Crippen molar-refractivity contribution in [3.05, 3.63) is 53.0 Å². The Hall–Kier alpha value is -0.665. The molecule has 0 saturated carbocycles. The zero-order valence-corrected chi connectivity index (χ0v) is 10.8. The van der Waals surface area contributed by atoms with Crippen LogP contribution in [0.2, 0.25) is 0 Å². The standard InChI is InChI=1S/C12H10BBrS/c13-9-5-1-3-7-11(9)15-12-8-4-2-6-10(12)14/h1-8H,13H2. The second-order valence-corrected chi connectivity index (χ2v) is 5.24. The predicted octanol–water partition coefficient (Wildman–Crippen LogP) is 2.86. The van der Waals surface area contributed by atoms with Crippen LogP contribution < -0.4 is 5.46 Å². The molecule has 0 aromatic heterocycles. The maximum atomic E-state index is 3.56. The maximum absolute atomic E-state index is 3.56. The molecule has 74 valence electrons. The van der Waals surface area contributed by atoms with Crippen molar-refractivity contribution in [2.45, 2.75) is 9.79 Å². The molecule has 0 N–H and O–H groups in total. The van der Waals surface area contributed by atoms with E-state index in [0.29, 0.717) is 0 Å². The third-order valence-corrected chi connectivity index (χ3v) is 4.36. The second kappa shape index (κ2) is 4.91. The molecule has 2 aromatic carbocycles. The minimum absolute atomic E-state index is 1.15. The highest BCUT2D eigenvalue weighted by molar-refractivity contribution is 9.10. The fourth-order valence-corrected chi connectivity index (χ4v) is 2.77. The summed E-state index contributed by atoms with van der Waals surface area (Å²) in [5, 5.41) is 0. The normalized spacial score (nSPS) is 10.2. The van der Waals surface area contributed by atoms with Crippen molar-refractivity contribution in [2.75, 3.05) is 0 Å². The first-order chi connectivity index (χ1) is 7.27. The molecule has 0 aliphatic heterocycles. The Kier molecular flexibility index (Phi) is 3.55. The molecule has 0 bridgehead atoms. The molecule has 0 heterocycles. The van der Waals surface area contributed by atoms with E-state index < -0.39 is 0 Å². The smallest absolute Gasteiger partial charge is 0.0895 e. The van der Waals surface area contributed by atoms with Gasteiger partial charge in [-0.05, 0) is 34.1 Å². The van der Waals surface area contributed by atoms with E-state index in [1.807, 2.05) is 6.07 Å². The molecular formula is C12H10BBrS. The first-order valence-corrected chi connectivity index (χ1v) is 6.36. The van der Waals surface area contributed by atoms with Gasteiger partial charge in [-0.2, -0.15) is 0 Å². The molecule has 0 atom stereocenters. The van der Waals surface area contributed by atoms with Crippen molar-refractivity contribution < 1.29 is 0 Å². The van der Waals surface area contributed by atoms with Crippen LogP contribution in [0.1, 0.15) is 0 Å². The molecule has 0 saturated heterocycles. The van der Waals surface area contributed by atoms with E-state index in [1.54, 1.807) is 11.8 Å². The Bertz CT molecular complexity index is 427. The van der Waals surface area contributed by atoms with Crippen molar-refractivity contribution in [1.82, 2.24) is 0 Å². The molecule has 0 spiro atoms. The second-order valence-electron chi connectivity index (χ2n) is 3.30. The number of hydrogen-bond donors (Lipinski definition) is 0. The quantitative estimate of drug-likeness (QED) is 0.760. The van der Waals surface area contributed by atoms with Gasteiger partial charge in [-0.1, -0.05) is 47.6 Å². The topological polar surface area (TPSA) is 0 Å². The fraction of sp³-hybridized carbons (Fsp3) is 0. The third kappa shape index (κ3) is 2.67. The van der Waals surface area contributed by atoms with Crippen molar-refractivity contribution >= 4 is 41.0 Å². The van der Waals surface area contributed by atoms with Crippen LogP contribution in [-0.2, 0) is 0 Å². The highest BCUT2D eigenvalue weighted by atomic mass is 79.9. The van der Waals surface area contributed by atoms with Gasteiger partial charge in [0.2, 0.25) is 0 Å². The van der Waals surface area contributed by atoms with E-state index >= 15 is 0 Å². The van der Waals surface area contributed by atoms with E-state index in [2.05, 4.69) is 66.2 Å². The molecule has 0 aliphatic carbocycles. The Morgan fingerprint density at radius 3 is 2.13 bits per heavy atom. The summed E-state index contributed by atoms with van der Waals surface area (Å²) in [6, 6.07) is 16.7. The van der Waals surface area contributed by atoms with E-state index in [9.17, 15) is 0 Å². The van der Waals surface area contributed by atoms with Crippen molar-refractivity contribution in [2.24, 2.45) is 0 Å². The van der Waals surface area contributed by atoms with E-state index in [0.717, 1.165) is 4.47 Å². The number of rotatable bonds is 2. The summed E-state index contributed by atoms with van der Waals surface area (Å²) >= 11 is 5.35. The molecule has 0 fully saturated rings. The van der Waals surface area contributed by atoms with Gasteiger partial charge in [-0.3, -0.25) is 0 Å². The maximum Gasteiger partial charge on any atom is 0.140 e. The lowest BCUT2D eigenvalue weighted by atomic mass is 9.97. The van der Waals surface area contributed by atoms with Crippen molar-refractivity contribution in [3.63, 3.8) is 0 Å². The Labute approximate surface area is 104 Å². The lowest BCUT2D eigenvalue weighted by Crippen LogP contribution is -2.04. The van der Waals surface area contributed by atoms with Crippen LogP contribution in [0.3, 0.4) is 0 Å². The van der Waals surface area contributed by atoms with Crippen LogP contribution in [0.4, 0.5) is 0 Å². The number of hydrogen-bond acceptors (Lipinski definition) is 1. The molecule has 0 nitrogen and oxygen atoms in total. The molecule has 15 heavy (non-hydrogen) atoms. The van der Waals surface area contributed by atoms with Crippen LogP contribution >= 0.6 is 27.7 Å². The van der Waals surface area contributed by atoms with Crippen molar-refractivity contribution in [1.29, 1.82) is 0 Å². The highest BCUT2D eigenvalue weighted by Gasteiger charge is 2.02. The number of halogens is 1. The highest BCUT2D eigenvalue weighted by Crippen LogP contribution is 2.31. The molecule has 2 rings (SSSR count). The van der Waals surface area contributed by atoms with Gasteiger partial charge in [0.05, 0.1) is 0 Å². The predicted molar refractivity (Wildman–Crippen MR) is 72.9 cm³/mol. The molecular weight excluding hydrogens is 267 g/mol. The average Bonchev–Trinajstić information content (AvgIpc) is 2.24. The monoisotopic (exact) mass is 276 g/mol. The Morgan fingerprint density at radius 1 is 0.867 bits per heavy atom. The first kappa shape index (κ1) is 10.8. The summed E-state index contributed by atoms with van der Waals surface area (Å²) in [7, 11) is 2.14. The first-order valence-electron chi connectivity index (χ1n) is 4.75.